The summed E-state index contributed by atoms with van der Waals surface area (Å²) >= 11 is 12.1. The molecule has 0 aliphatic heterocycles. The van der Waals surface area contributed by atoms with Gasteiger partial charge in [0.25, 0.3) is 0 Å². The van der Waals surface area contributed by atoms with Crippen LogP contribution in [0.4, 0.5) is 0 Å². The van der Waals surface area contributed by atoms with E-state index >= 15 is 0 Å². The van der Waals surface area contributed by atoms with E-state index in [1.807, 2.05) is 24.6 Å². The van der Waals surface area contributed by atoms with Crippen molar-refractivity contribution in [1.29, 1.82) is 0 Å². The van der Waals surface area contributed by atoms with Crippen molar-refractivity contribution in [3.8, 4) is 0 Å². The molecule has 0 fully saturated rings. The van der Waals surface area contributed by atoms with Gasteiger partial charge in [-0.15, -0.1) is 24.0 Å². The van der Waals surface area contributed by atoms with E-state index in [1.165, 1.54) is 0 Å². The van der Waals surface area contributed by atoms with Crippen molar-refractivity contribution in [3.05, 3.63) is 21.9 Å². The third-order valence-corrected chi connectivity index (χ3v) is 3.79. The van der Waals surface area contributed by atoms with Crippen LogP contribution >= 0.6 is 47.2 Å². The van der Waals surface area contributed by atoms with Crippen LogP contribution in [0.1, 0.15) is 26.5 Å². The molecule has 8 heteroatoms. The Hall–Kier alpha value is -0.180. The van der Waals surface area contributed by atoms with Gasteiger partial charge in [-0.1, -0.05) is 37.0 Å². The van der Waals surface area contributed by atoms with E-state index in [9.17, 15) is 0 Å². The number of halogens is 3. The summed E-state index contributed by atoms with van der Waals surface area (Å²) in [6.07, 6.45) is 0. The highest BCUT2D eigenvalue weighted by Gasteiger charge is 2.08. The summed E-state index contributed by atoms with van der Waals surface area (Å²) in [5.74, 6) is 1.30. The van der Waals surface area contributed by atoms with Crippen molar-refractivity contribution in [3.63, 3.8) is 0 Å². The monoisotopic (exact) mass is 476 g/mol. The fourth-order valence-electron chi connectivity index (χ4n) is 1.80. The molecular weight excluding hydrogens is 450 g/mol. The quantitative estimate of drug-likeness (QED) is 0.260. The van der Waals surface area contributed by atoms with Crippen LogP contribution in [0.3, 0.4) is 0 Å². The number of ether oxygens (including phenoxy) is 1. The lowest BCUT2D eigenvalue weighted by Gasteiger charge is -2.12. The van der Waals surface area contributed by atoms with E-state index in [0.29, 0.717) is 35.8 Å². The van der Waals surface area contributed by atoms with E-state index < -0.39 is 0 Å². The van der Waals surface area contributed by atoms with Crippen LogP contribution < -0.4 is 10.6 Å². The van der Waals surface area contributed by atoms with E-state index in [4.69, 9.17) is 27.9 Å². The summed E-state index contributed by atoms with van der Waals surface area (Å²) in [5, 5.41) is 7.53. The number of guanidine groups is 1. The molecule has 1 aromatic heterocycles. The summed E-state index contributed by atoms with van der Waals surface area (Å²) in [7, 11) is 1.87. The summed E-state index contributed by atoms with van der Waals surface area (Å²) < 4.78 is 7.38. The van der Waals surface area contributed by atoms with E-state index in [0.717, 1.165) is 24.8 Å². The predicted molar refractivity (Wildman–Crippen MR) is 109 cm³/mol. The maximum absolute atomic E-state index is 6.05. The van der Waals surface area contributed by atoms with Crippen molar-refractivity contribution < 1.29 is 4.74 Å². The number of hydrogen-bond donors (Lipinski definition) is 2. The van der Waals surface area contributed by atoms with Crippen molar-refractivity contribution in [2.45, 2.75) is 27.3 Å². The van der Waals surface area contributed by atoms with E-state index in [-0.39, 0.29) is 24.0 Å². The Balaban J connectivity index is 0.00000484. The minimum atomic E-state index is 0. The standard InChI is InChI=1S/C15H26Cl2N4O.HI/c1-5-18-15(19-6-7-22-10-11(2)3)20-9-12-8-13(16)14(17)21(12)4;/h8,11H,5-7,9-10H2,1-4H3,(H2,18,19,20);1H. The average Bonchev–Trinajstić information content (AvgIpc) is 2.71. The zero-order valence-electron chi connectivity index (χ0n) is 14.2. The van der Waals surface area contributed by atoms with Gasteiger partial charge in [-0.2, -0.15) is 0 Å². The molecule has 0 bridgehead atoms. The number of hydrogen-bond acceptors (Lipinski definition) is 2. The maximum Gasteiger partial charge on any atom is 0.191 e. The largest absolute Gasteiger partial charge is 0.379 e. The molecule has 2 N–H and O–H groups in total. The number of aromatic nitrogens is 1. The van der Waals surface area contributed by atoms with Crippen molar-refractivity contribution in [2.75, 3.05) is 26.3 Å². The Morgan fingerprint density at radius 2 is 2.04 bits per heavy atom. The zero-order valence-corrected chi connectivity index (χ0v) is 18.0. The van der Waals surface area contributed by atoms with Crippen LogP contribution in [0.5, 0.6) is 0 Å². The number of nitrogens with zero attached hydrogens (tertiary/aromatic N) is 2. The normalized spacial score (nSPS) is 11.5. The second-order valence-corrected chi connectivity index (χ2v) is 6.19. The summed E-state index contributed by atoms with van der Waals surface area (Å²) in [6.45, 7) is 9.75. The second-order valence-electron chi connectivity index (χ2n) is 5.42. The first kappa shape index (κ1) is 22.8. The highest BCUT2D eigenvalue weighted by molar-refractivity contribution is 14.0. The Labute approximate surface area is 166 Å². The van der Waals surface area contributed by atoms with Gasteiger partial charge in [0.15, 0.2) is 5.96 Å². The molecule has 5 nitrogen and oxygen atoms in total. The van der Waals surface area contributed by atoms with Crippen molar-refractivity contribution in [1.82, 2.24) is 15.2 Å². The minimum absolute atomic E-state index is 0. The molecule has 0 unspecified atom stereocenters. The molecule has 0 radical (unpaired) electrons. The van der Waals surface area contributed by atoms with Gasteiger partial charge >= 0.3 is 0 Å². The molecule has 0 aliphatic carbocycles. The van der Waals surface area contributed by atoms with E-state index in [2.05, 4.69) is 29.5 Å². The lowest BCUT2D eigenvalue weighted by molar-refractivity contribution is 0.114. The second kappa shape index (κ2) is 12.2. The van der Waals surface area contributed by atoms with Crippen LogP contribution in [-0.2, 0) is 18.3 Å². The van der Waals surface area contributed by atoms with Gasteiger partial charge in [0, 0.05) is 32.4 Å². The Kier molecular flexibility index (Phi) is 12.1. The van der Waals surface area contributed by atoms with Crippen LogP contribution in [0, 0.1) is 5.92 Å². The van der Waals surface area contributed by atoms with Crippen LogP contribution in [0.15, 0.2) is 11.1 Å². The van der Waals surface area contributed by atoms with Gasteiger partial charge in [0.05, 0.1) is 18.2 Å². The fraction of sp³-hybridized carbons (Fsp3) is 0.667. The molecule has 0 spiro atoms. The van der Waals surface area contributed by atoms with Crippen molar-refractivity contribution in [2.24, 2.45) is 18.0 Å². The zero-order chi connectivity index (χ0) is 16.5. The average molecular weight is 477 g/mol. The maximum atomic E-state index is 6.05. The first-order valence-electron chi connectivity index (χ1n) is 7.55. The van der Waals surface area contributed by atoms with Gasteiger partial charge in [0.1, 0.15) is 5.15 Å². The lowest BCUT2D eigenvalue weighted by Crippen LogP contribution is -2.39. The number of nitrogens with one attached hydrogen (secondary N) is 2. The Bertz CT molecular complexity index is 492. The summed E-state index contributed by atoms with van der Waals surface area (Å²) in [6, 6.07) is 1.84. The first-order chi connectivity index (χ1) is 10.5. The van der Waals surface area contributed by atoms with Gasteiger partial charge in [-0.3, -0.25) is 0 Å². The highest BCUT2D eigenvalue weighted by atomic mass is 127. The van der Waals surface area contributed by atoms with Crippen LogP contribution in [-0.4, -0.2) is 36.8 Å². The molecule has 0 aromatic carbocycles. The van der Waals surface area contributed by atoms with Gasteiger partial charge in [0.2, 0.25) is 0 Å². The number of aliphatic imine (C=N–C) groups is 1. The van der Waals surface area contributed by atoms with Crippen LogP contribution in [0.25, 0.3) is 0 Å². The molecule has 0 saturated heterocycles. The van der Waals surface area contributed by atoms with Crippen LogP contribution in [0.2, 0.25) is 10.2 Å². The van der Waals surface area contributed by atoms with Crippen molar-refractivity contribution >= 4 is 53.1 Å². The predicted octanol–water partition coefficient (Wildman–Crippen LogP) is 3.68. The molecule has 0 atom stereocenters. The molecule has 23 heavy (non-hydrogen) atoms. The van der Waals surface area contributed by atoms with Gasteiger partial charge < -0.3 is 19.9 Å². The SMILES string of the molecule is CCNC(=NCc1cc(Cl)c(Cl)n1C)NCCOCC(C)C.I. The number of rotatable bonds is 8. The van der Waals surface area contributed by atoms with E-state index in [1.54, 1.807) is 0 Å². The lowest BCUT2D eigenvalue weighted by atomic mass is 10.2. The molecule has 0 amide bonds. The first-order valence-corrected chi connectivity index (χ1v) is 8.30. The molecule has 1 heterocycles. The molecular formula is C15H27Cl2IN4O. The van der Waals surface area contributed by atoms with Gasteiger partial charge in [-0.25, -0.2) is 4.99 Å². The topological polar surface area (TPSA) is 50.6 Å². The summed E-state index contributed by atoms with van der Waals surface area (Å²) in [5.41, 5.74) is 0.961. The smallest absolute Gasteiger partial charge is 0.191 e. The summed E-state index contributed by atoms with van der Waals surface area (Å²) in [4.78, 5) is 4.53. The third kappa shape index (κ3) is 8.47. The molecule has 0 saturated carbocycles. The van der Waals surface area contributed by atoms with Gasteiger partial charge in [-0.05, 0) is 18.9 Å². The molecule has 0 aliphatic rings. The highest BCUT2D eigenvalue weighted by Crippen LogP contribution is 2.25. The fourth-order valence-corrected chi connectivity index (χ4v) is 2.22. The Morgan fingerprint density at radius 3 is 2.57 bits per heavy atom. The minimum Gasteiger partial charge on any atom is -0.379 e. The Morgan fingerprint density at radius 1 is 1.35 bits per heavy atom. The third-order valence-electron chi connectivity index (χ3n) is 2.95. The molecule has 1 rings (SSSR count). The molecule has 134 valence electrons. The molecule has 1 aromatic rings.